The minimum atomic E-state index is -0.663. The molecule has 1 heterocycles. The Kier molecular flexibility index (Phi) is 5.99. The van der Waals surface area contributed by atoms with E-state index in [1.54, 1.807) is 60.7 Å². The fourth-order valence-electron chi connectivity index (χ4n) is 3.29. The number of amides is 2. The molecule has 0 fully saturated rings. The molecular formula is C25H20N4O4. The van der Waals surface area contributed by atoms with Gasteiger partial charge in [0.1, 0.15) is 0 Å². The number of nitrogens with one attached hydrogen (secondary N) is 3. The number of nitrogens with zero attached hydrogens (tertiary/aromatic N) is 1. The zero-order chi connectivity index (χ0) is 23.4. The van der Waals surface area contributed by atoms with Crippen molar-refractivity contribution in [2.24, 2.45) is 0 Å². The summed E-state index contributed by atoms with van der Waals surface area (Å²) in [4.78, 5) is 44.6. The van der Waals surface area contributed by atoms with E-state index < -0.39 is 12.0 Å². The van der Waals surface area contributed by atoms with Crippen LogP contribution in [0.3, 0.4) is 0 Å². The van der Waals surface area contributed by atoms with Crippen LogP contribution < -0.4 is 15.4 Å². The molecule has 4 aromatic rings. The molecule has 164 valence electrons. The van der Waals surface area contributed by atoms with Crippen molar-refractivity contribution in [3.63, 3.8) is 0 Å². The highest BCUT2D eigenvalue weighted by molar-refractivity contribution is 6.18. The largest absolute Gasteiger partial charge is 0.414 e. The van der Waals surface area contributed by atoms with Gasteiger partial charge in [0.2, 0.25) is 0 Å². The van der Waals surface area contributed by atoms with Crippen molar-refractivity contribution in [3.05, 3.63) is 95.6 Å². The SMILES string of the molecule is C=Cc1cccc(NC(=O)c2ccccc2C(=O)c2ccc3nc(OC(=O)NC)[nH]c3c2)c1. The van der Waals surface area contributed by atoms with Gasteiger partial charge in [0.25, 0.3) is 5.91 Å². The molecule has 1 aromatic heterocycles. The molecule has 0 unspecified atom stereocenters. The van der Waals surface area contributed by atoms with Gasteiger partial charge in [0.05, 0.1) is 16.6 Å². The zero-order valence-electron chi connectivity index (χ0n) is 17.7. The minimum Gasteiger partial charge on any atom is -0.375 e. The molecule has 0 saturated heterocycles. The molecule has 2 amide bonds. The first kappa shape index (κ1) is 21.5. The summed E-state index contributed by atoms with van der Waals surface area (Å²) in [6, 6.07) is 18.7. The summed E-state index contributed by atoms with van der Waals surface area (Å²) in [5.41, 5.74) is 3.37. The van der Waals surface area contributed by atoms with Crippen LogP contribution >= 0.6 is 0 Å². The van der Waals surface area contributed by atoms with Crippen LogP contribution in [0.4, 0.5) is 10.5 Å². The van der Waals surface area contributed by atoms with E-state index in [2.05, 4.69) is 27.2 Å². The third-order valence-electron chi connectivity index (χ3n) is 4.91. The highest BCUT2D eigenvalue weighted by atomic mass is 16.6. The number of aromatic amines is 1. The third kappa shape index (κ3) is 4.64. The predicted octanol–water partition coefficient (Wildman–Crippen LogP) is 4.41. The van der Waals surface area contributed by atoms with E-state index >= 15 is 0 Å². The Morgan fingerprint density at radius 1 is 1.00 bits per heavy atom. The summed E-state index contributed by atoms with van der Waals surface area (Å²) < 4.78 is 5.00. The lowest BCUT2D eigenvalue weighted by molar-refractivity contribution is 0.0996. The molecule has 0 radical (unpaired) electrons. The highest BCUT2D eigenvalue weighted by Crippen LogP contribution is 2.22. The Bertz CT molecular complexity index is 1390. The zero-order valence-corrected chi connectivity index (χ0v) is 17.7. The van der Waals surface area contributed by atoms with Gasteiger partial charge in [0, 0.05) is 23.9 Å². The van der Waals surface area contributed by atoms with Crippen molar-refractivity contribution >= 4 is 40.6 Å². The first-order valence-electron chi connectivity index (χ1n) is 10.1. The number of hydrogen-bond donors (Lipinski definition) is 3. The number of hydrogen-bond acceptors (Lipinski definition) is 5. The van der Waals surface area contributed by atoms with E-state index in [1.807, 2.05) is 12.1 Å². The van der Waals surface area contributed by atoms with E-state index in [4.69, 9.17) is 4.74 Å². The van der Waals surface area contributed by atoms with Gasteiger partial charge in [-0.2, -0.15) is 4.98 Å². The molecule has 4 rings (SSSR count). The van der Waals surface area contributed by atoms with Crippen LogP contribution in [-0.4, -0.2) is 34.8 Å². The van der Waals surface area contributed by atoms with Crippen LogP contribution in [0.5, 0.6) is 6.01 Å². The van der Waals surface area contributed by atoms with Crippen LogP contribution in [0.2, 0.25) is 0 Å². The molecule has 0 aliphatic heterocycles. The number of carbonyl (C=O) groups excluding carboxylic acids is 3. The van der Waals surface area contributed by atoms with Gasteiger partial charge in [0.15, 0.2) is 5.78 Å². The summed E-state index contributed by atoms with van der Waals surface area (Å²) >= 11 is 0. The van der Waals surface area contributed by atoms with Gasteiger partial charge in [-0.25, -0.2) is 4.79 Å². The van der Waals surface area contributed by atoms with Crippen molar-refractivity contribution < 1.29 is 19.1 Å². The smallest absolute Gasteiger partial charge is 0.375 e. The molecule has 0 atom stereocenters. The number of aromatic nitrogens is 2. The second-order valence-corrected chi connectivity index (χ2v) is 7.07. The summed E-state index contributed by atoms with van der Waals surface area (Å²) in [6.45, 7) is 3.73. The molecule has 0 aliphatic carbocycles. The molecular weight excluding hydrogens is 420 g/mol. The summed E-state index contributed by atoms with van der Waals surface area (Å²) in [6.07, 6.45) is 1.02. The molecule has 0 bridgehead atoms. The van der Waals surface area contributed by atoms with Crippen LogP contribution in [-0.2, 0) is 0 Å². The maximum Gasteiger partial charge on any atom is 0.414 e. The van der Waals surface area contributed by atoms with Gasteiger partial charge in [-0.3, -0.25) is 9.59 Å². The minimum absolute atomic E-state index is 0.00971. The number of benzene rings is 3. The first-order valence-corrected chi connectivity index (χ1v) is 10.1. The Morgan fingerprint density at radius 3 is 2.55 bits per heavy atom. The van der Waals surface area contributed by atoms with Gasteiger partial charge < -0.3 is 20.4 Å². The van der Waals surface area contributed by atoms with E-state index in [0.29, 0.717) is 22.3 Å². The Labute approximate surface area is 189 Å². The fraction of sp³-hybridized carbons (Fsp3) is 0.0400. The standard InChI is InChI=1S/C25H20N4O4/c1-3-15-7-6-8-17(13-15)27-23(31)19-10-5-4-9-18(19)22(30)16-11-12-20-21(14-16)29-24(28-20)33-25(32)26-2/h3-14H,1H2,2H3,(H,26,32)(H,27,31)(H,28,29). The summed E-state index contributed by atoms with van der Waals surface area (Å²) in [5, 5.41) is 5.16. The molecule has 0 aliphatic rings. The average molecular weight is 440 g/mol. The molecule has 8 heteroatoms. The number of fused-ring (bicyclic) bond motifs is 1. The Morgan fingerprint density at radius 2 is 1.79 bits per heavy atom. The Balaban J connectivity index is 1.62. The maximum atomic E-state index is 13.3. The summed E-state index contributed by atoms with van der Waals surface area (Å²) in [7, 11) is 1.44. The lowest BCUT2D eigenvalue weighted by Gasteiger charge is -2.10. The van der Waals surface area contributed by atoms with Gasteiger partial charge >= 0.3 is 12.1 Å². The number of ketones is 1. The first-order chi connectivity index (χ1) is 16.0. The predicted molar refractivity (Wildman–Crippen MR) is 126 cm³/mol. The van der Waals surface area contributed by atoms with Crippen molar-refractivity contribution in [3.8, 4) is 6.01 Å². The number of rotatable bonds is 6. The molecule has 3 N–H and O–H groups in total. The number of anilines is 1. The van der Waals surface area contributed by atoms with E-state index in [-0.39, 0.29) is 22.9 Å². The second-order valence-electron chi connectivity index (χ2n) is 7.07. The van der Waals surface area contributed by atoms with Gasteiger partial charge in [-0.1, -0.05) is 43.0 Å². The monoisotopic (exact) mass is 440 g/mol. The maximum absolute atomic E-state index is 13.3. The molecule has 0 saturated carbocycles. The number of imidazole rings is 1. The lowest BCUT2D eigenvalue weighted by atomic mass is 9.97. The van der Waals surface area contributed by atoms with E-state index in [0.717, 1.165) is 5.56 Å². The van der Waals surface area contributed by atoms with Crippen molar-refractivity contribution in [2.75, 3.05) is 12.4 Å². The van der Waals surface area contributed by atoms with Crippen LogP contribution in [0, 0.1) is 0 Å². The Hall–Kier alpha value is -4.72. The lowest BCUT2D eigenvalue weighted by Crippen LogP contribution is -2.22. The van der Waals surface area contributed by atoms with E-state index in [1.165, 1.54) is 7.05 Å². The topological polar surface area (TPSA) is 113 Å². The highest BCUT2D eigenvalue weighted by Gasteiger charge is 2.19. The fourth-order valence-corrected chi connectivity index (χ4v) is 3.29. The van der Waals surface area contributed by atoms with Gasteiger partial charge in [-0.05, 0) is 42.0 Å². The van der Waals surface area contributed by atoms with Crippen molar-refractivity contribution in [1.82, 2.24) is 15.3 Å². The number of ether oxygens (including phenoxy) is 1. The molecule has 0 spiro atoms. The third-order valence-corrected chi connectivity index (χ3v) is 4.91. The van der Waals surface area contributed by atoms with Crippen molar-refractivity contribution in [2.45, 2.75) is 0 Å². The second kappa shape index (κ2) is 9.19. The normalized spacial score (nSPS) is 10.5. The van der Waals surface area contributed by atoms with Crippen LogP contribution in [0.25, 0.3) is 17.1 Å². The van der Waals surface area contributed by atoms with Crippen LogP contribution in [0.15, 0.2) is 73.3 Å². The molecule has 33 heavy (non-hydrogen) atoms. The molecule has 3 aromatic carbocycles. The number of H-pyrrole nitrogens is 1. The van der Waals surface area contributed by atoms with E-state index in [9.17, 15) is 14.4 Å². The quantitative estimate of drug-likeness (QED) is 0.385. The van der Waals surface area contributed by atoms with Crippen LogP contribution in [0.1, 0.15) is 31.8 Å². The summed E-state index contributed by atoms with van der Waals surface area (Å²) in [5.74, 6) is -0.727. The van der Waals surface area contributed by atoms with Crippen molar-refractivity contribution in [1.29, 1.82) is 0 Å². The van der Waals surface area contributed by atoms with Gasteiger partial charge in [-0.15, -0.1) is 0 Å². The average Bonchev–Trinajstić information content (AvgIpc) is 3.24. The molecule has 8 nitrogen and oxygen atoms in total. The number of carbonyl (C=O) groups is 3.